The van der Waals surface area contributed by atoms with Crippen LogP contribution in [-0.4, -0.2) is 10.1 Å². The first-order valence-electron chi connectivity index (χ1n) is 7.73. The molecule has 0 spiro atoms. The summed E-state index contributed by atoms with van der Waals surface area (Å²) in [5, 5.41) is 0. The Labute approximate surface area is 137 Å². The third kappa shape index (κ3) is 4.06. The van der Waals surface area contributed by atoms with E-state index in [1.54, 1.807) is 5.57 Å². The second-order valence-electron chi connectivity index (χ2n) is 6.31. The van der Waals surface area contributed by atoms with Gasteiger partial charge in [-0.3, -0.25) is 4.99 Å². The summed E-state index contributed by atoms with van der Waals surface area (Å²) in [6.45, 7) is 10.8. The van der Waals surface area contributed by atoms with E-state index in [4.69, 9.17) is 0 Å². The summed E-state index contributed by atoms with van der Waals surface area (Å²) in [5.41, 5.74) is 4.05. The standard InChI is InChI=1S/C18H26IN/c1-12-7-9-17-13(2)18(17)10-8-16(12)6-5-11-20-15(4)14(3)19/h5-6,11,13-14,17-18H,4,7-10H2,1-3H3/b6-5+,16-12-,20-11?. The highest BCUT2D eigenvalue weighted by atomic mass is 127. The number of fused-ring (bicyclic) bond motifs is 1. The maximum absolute atomic E-state index is 4.37. The van der Waals surface area contributed by atoms with Gasteiger partial charge in [-0.25, -0.2) is 0 Å². The predicted octanol–water partition coefficient (Wildman–Crippen LogP) is 5.72. The Morgan fingerprint density at radius 3 is 2.65 bits per heavy atom. The number of halogens is 1. The van der Waals surface area contributed by atoms with Crippen molar-refractivity contribution < 1.29 is 0 Å². The van der Waals surface area contributed by atoms with Crippen LogP contribution in [0.2, 0.25) is 0 Å². The topological polar surface area (TPSA) is 12.4 Å². The molecule has 0 aromatic heterocycles. The lowest BCUT2D eigenvalue weighted by Gasteiger charge is -2.12. The fourth-order valence-electron chi connectivity index (χ4n) is 3.30. The van der Waals surface area contributed by atoms with Gasteiger partial charge in [-0.05, 0) is 68.9 Å². The van der Waals surface area contributed by atoms with Crippen molar-refractivity contribution in [3.05, 3.63) is 35.6 Å². The fraction of sp³-hybridized carbons (Fsp3) is 0.611. The van der Waals surface area contributed by atoms with Crippen molar-refractivity contribution in [2.45, 2.75) is 50.4 Å². The van der Waals surface area contributed by atoms with E-state index >= 15 is 0 Å². The Morgan fingerprint density at radius 1 is 1.35 bits per heavy atom. The zero-order chi connectivity index (χ0) is 14.7. The maximum Gasteiger partial charge on any atom is 0.0498 e. The van der Waals surface area contributed by atoms with Crippen molar-refractivity contribution >= 4 is 28.8 Å². The van der Waals surface area contributed by atoms with Crippen LogP contribution in [0.15, 0.2) is 40.6 Å². The van der Waals surface area contributed by atoms with Gasteiger partial charge in [0.2, 0.25) is 0 Å². The molecule has 2 aliphatic carbocycles. The lowest BCUT2D eigenvalue weighted by atomic mass is 9.94. The van der Waals surface area contributed by atoms with Gasteiger partial charge in [0.1, 0.15) is 0 Å². The lowest BCUT2D eigenvalue weighted by molar-refractivity contribution is 0.586. The molecule has 0 radical (unpaired) electrons. The number of rotatable bonds is 4. The quantitative estimate of drug-likeness (QED) is 0.334. The summed E-state index contributed by atoms with van der Waals surface area (Å²) in [4.78, 5) is 4.37. The molecule has 0 aromatic carbocycles. The average Bonchev–Trinajstić information content (AvgIpc) is 3.01. The molecule has 0 aliphatic heterocycles. The van der Waals surface area contributed by atoms with Gasteiger partial charge < -0.3 is 0 Å². The summed E-state index contributed by atoms with van der Waals surface area (Å²) in [6.07, 6.45) is 11.5. The molecule has 0 heterocycles. The molecule has 2 heteroatoms. The van der Waals surface area contributed by atoms with E-state index in [-0.39, 0.29) is 0 Å². The van der Waals surface area contributed by atoms with Crippen molar-refractivity contribution in [2.75, 3.05) is 0 Å². The van der Waals surface area contributed by atoms with Crippen LogP contribution in [0.1, 0.15) is 46.5 Å². The normalized spacial score (nSPS) is 35.7. The minimum absolute atomic E-state index is 0.396. The van der Waals surface area contributed by atoms with Crippen LogP contribution in [0.5, 0.6) is 0 Å². The first kappa shape index (κ1) is 16.0. The monoisotopic (exact) mass is 383 g/mol. The first-order chi connectivity index (χ1) is 9.50. The molecule has 1 fully saturated rings. The van der Waals surface area contributed by atoms with Crippen molar-refractivity contribution in [3.63, 3.8) is 0 Å². The molecule has 0 bridgehead atoms. The second-order valence-corrected chi connectivity index (χ2v) is 8.18. The van der Waals surface area contributed by atoms with Crippen LogP contribution in [-0.2, 0) is 0 Å². The molecule has 0 aromatic rings. The Morgan fingerprint density at radius 2 is 2.00 bits per heavy atom. The minimum Gasteiger partial charge on any atom is -0.261 e. The van der Waals surface area contributed by atoms with E-state index in [9.17, 15) is 0 Å². The Hall–Kier alpha value is -0.380. The Balaban J connectivity index is 1.93. The average molecular weight is 383 g/mol. The molecule has 4 atom stereocenters. The molecule has 20 heavy (non-hydrogen) atoms. The highest BCUT2D eigenvalue weighted by Gasteiger charge is 2.45. The third-order valence-corrected chi connectivity index (χ3v) is 5.71. The highest BCUT2D eigenvalue weighted by molar-refractivity contribution is 14.1. The van der Waals surface area contributed by atoms with Crippen molar-refractivity contribution in [1.82, 2.24) is 0 Å². The van der Waals surface area contributed by atoms with Crippen LogP contribution in [0.4, 0.5) is 0 Å². The number of hydrogen-bond acceptors (Lipinski definition) is 1. The van der Waals surface area contributed by atoms with Gasteiger partial charge in [0.25, 0.3) is 0 Å². The summed E-state index contributed by atoms with van der Waals surface area (Å²) in [6, 6.07) is 0. The summed E-state index contributed by atoms with van der Waals surface area (Å²) >= 11 is 2.34. The number of hydrogen-bond donors (Lipinski definition) is 0. The molecule has 1 nitrogen and oxygen atoms in total. The molecular formula is C18H26IN. The molecule has 110 valence electrons. The summed E-state index contributed by atoms with van der Waals surface area (Å²) in [5.74, 6) is 2.99. The number of alkyl halides is 1. The highest BCUT2D eigenvalue weighted by Crippen LogP contribution is 2.53. The molecule has 1 saturated carbocycles. The fourth-order valence-corrected chi connectivity index (χ4v) is 3.46. The molecule has 0 amide bonds. The molecular weight excluding hydrogens is 357 g/mol. The van der Waals surface area contributed by atoms with Crippen LogP contribution < -0.4 is 0 Å². The van der Waals surface area contributed by atoms with Gasteiger partial charge in [-0.1, -0.05) is 47.7 Å². The summed E-state index contributed by atoms with van der Waals surface area (Å²) in [7, 11) is 0. The van der Waals surface area contributed by atoms with Gasteiger partial charge >= 0.3 is 0 Å². The van der Waals surface area contributed by atoms with Gasteiger partial charge in [-0.2, -0.15) is 0 Å². The van der Waals surface area contributed by atoms with Crippen molar-refractivity contribution in [1.29, 1.82) is 0 Å². The molecule has 0 N–H and O–H groups in total. The van der Waals surface area contributed by atoms with E-state index < -0.39 is 0 Å². The van der Waals surface area contributed by atoms with Crippen molar-refractivity contribution in [2.24, 2.45) is 22.7 Å². The van der Waals surface area contributed by atoms with Crippen LogP contribution in [0, 0.1) is 17.8 Å². The van der Waals surface area contributed by atoms with Crippen molar-refractivity contribution in [3.8, 4) is 0 Å². The smallest absolute Gasteiger partial charge is 0.0498 e. The Kier molecular flexibility index (Phi) is 5.65. The molecule has 4 unspecified atom stereocenters. The van der Waals surface area contributed by atoms with E-state index in [2.05, 4.69) is 67.1 Å². The zero-order valence-corrected chi connectivity index (χ0v) is 15.1. The largest absolute Gasteiger partial charge is 0.261 e. The zero-order valence-electron chi connectivity index (χ0n) is 12.9. The van der Waals surface area contributed by atoms with E-state index in [1.165, 1.54) is 31.3 Å². The van der Waals surface area contributed by atoms with E-state index in [0.717, 1.165) is 23.5 Å². The van der Waals surface area contributed by atoms with Crippen LogP contribution in [0.25, 0.3) is 0 Å². The van der Waals surface area contributed by atoms with E-state index in [1.807, 2.05) is 6.21 Å². The lowest BCUT2D eigenvalue weighted by Crippen LogP contribution is -1.95. The number of nitrogens with zero attached hydrogens (tertiary/aromatic N) is 1. The maximum atomic E-state index is 4.37. The van der Waals surface area contributed by atoms with Gasteiger partial charge in [0.15, 0.2) is 0 Å². The minimum atomic E-state index is 0.396. The molecule has 2 rings (SSSR count). The first-order valence-corrected chi connectivity index (χ1v) is 8.97. The Bertz CT molecular complexity index is 456. The number of allylic oxidation sites excluding steroid dienone is 5. The predicted molar refractivity (Wildman–Crippen MR) is 97.6 cm³/mol. The van der Waals surface area contributed by atoms with Gasteiger partial charge in [0.05, 0.1) is 0 Å². The SMILES string of the molecule is C=C(N=C/C=C/C1=C(\C)CCC2C(C)C2CC1)C(C)I. The van der Waals surface area contributed by atoms with Crippen LogP contribution in [0.3, 0.4) is 0 Å². The molecule has 2 aliphatic rings. The molecule has 0 saturated heterocycles. The number of aliphatic imine (C=N–C) groups is 1. The third-order valence-electron chi connectivity index (χ3n) is 4.99. The van der Waals surface area contributed by atoms with Crippen LogP contribution >= 0.6 is 22.6 Å². The summed E-state index contributed by atoms with van der Waals surface area (Å²) < 4.78 is 0.396. The van der Waals surface area contributed by atoms with E-state index in [0.29, 0.717) is 3.92 Å². The van der Waals surface area contributed by atoms with Gasteiger partial charge in [-0.15, -0.1) is 0 Å². The van der Waals surface area contributed by atoms with Gasteiger partial charge in [0, 0.05) is 15.8 Å². The second kappa shape index (κ2) is 7.06.